The van der Waals surface area contributed by atoms with Crippen molar-refractivity contribution in [3.63, 3.8) is 0 Å². The highest BCUT2D eigenvalue weighted by atomic mass is 15.2. The van der Waals surface area contributed by atoms with Crippen molar-refractivity contribution in [2.75, 3.05) is 26.2 Å². The van der Waals surface area contributed by atoms with Crippen LogP contribution in [0.15, 0.2) is 0 Å². The van der Waals surface area contributed by atoms with Gasteiger partial charge in [0.05, 0.1) is 0 Å². The Balaban J connectivity index is 0. The molecule has 2 fully saturated rings. The molecule has 0 atom stereocenters. The monoisotopic (exact) mass is 328 g/mol. The third-order valence-corrected chi connectivity index (χ3v) is 4.36. The molecule has 2 nitrogen and oxygen atoms in total. The van der Waals surface area contributed by atoms with Gasteiger partial charge in [-0.25, -0.2) is 0 Å². The molecule has 0 amide bonds. The summed E-state index contributed by atoms with van der Waals surface area (Å²) in [5, 5.41) is 0. The zero-order valence-corrected chi connectivity index (χ0v) is 18.3. The van der Waals surface area contributed by atoms with E-state index in [2.05, 4.69) is 51.3 Å². The minimum atomic E-state index is 0.403. The highest BCUT2D eigenvalue weighted by Crippen LogP contribution is 2.19. The Bertz CT molecular complexity index is 236. The van der Waals surface area contributed by atoms with Crippen LogP contribution >= 0.6 is 0 Å². The molecular formula is C21H48N2. The quantitative estimate of drug-likeness (QED) is 0.522. The standard InChI is InChI=1S/C9H19N.C8H17N.2C2H6/c1-9(2,3)10-7-5-4-6-8-10;1-8(2,3)9-6-4-5-7-9;2*1-2/h4-8H2,1-3H3;4-7H2,1-3H3;2*1-2H3. The number of hydrogen-bond donors (Lipinski definition) is 0. The summed E-state index contributed by atoms with van der Waals surface area (Å²) in [7, 11) is 0. The van der Waals surface area contributed by atoms with Crippen molar-refractivity contribution in [1.29, 1.82) is 0 Å². The van der Waals surface area contributed by atoms with Crippen LogP contribution in [0.2, 0.25) is 0 Å². The van der Waals surface area contributed by atoms with Gasteiger partial charge >= 0.3 is 0 Å². The molecule has 2 heteroatoms. The Hall–Kier alpha value is -0.0800. The van der Waals surface area contributed by atoms with Crippen molar-refractivity contribution in [2.45, 2.75) is 112 Å². The Morgan fingerprint density at radius 3 is 0.826 bits per heavy atom. The first-order chi connectivity index (χ1) is 10.7. The average Bonchev–Trinajstić information content (AvgIpc) is 3.07. The number of nitrogens with zero attached hydrogens (tertiary/aromatic N) is 2. The van der Waals surface area contributed by atoms with Crippen LogP contribution in [0, 0.1) is 0 Å². The van der Waals surface area contributed by atoms with Gasteiger partial charge in [0.25, 0.3) is 0 Å². The molecule has 0 aromatic carbocycles. The third-order valence-electron chi connectivity index (χ3n) is 4.36. The Morgan fingerprint density at radius 2 is 0.652 bits per heavy atom. The molecule has 0 unspecified atom stereocenters. The van der Waals surface area contributed by atoms with E-state index in [1.807, 2.05) is 27.7 Å². The zero-order valence-electron chi connectivity index (χ0n) is 18.3. The van der Waals surface area contributed by atoms with E-state index in [1.54, 1.807) is 0 Å². The fraction of sp³-hybridized carbons (Fsp3) is 1.00. The van der Waals surface area contributed by atoms with Gasteiger partial charge in [0.15, 0.2) is 0 Å². The maximum Gasteiger partial charge on any atom is 0.0125 e. The molecule has 23 heavy (non-hydrogen) atoms. The summed E-state index contributed by atoms with van der Waals surface area (Å²) in [6, 6.07) is 0. The van der Waals surface area contributed by atoms with Crippen molar-refractivity contribution < 1.29 is 0 Å². The van der Waals surface area contributed by atoms with Gasteiger partial charge in [0, 0.05) is 11.1 Å². The molecule has 0 aliphatic carbocycles. The van der Waals surface area contributed by atoms with Gasteiger partial charge in [-0.15, -0.1) is 0 Å². The van der Waals surface area contributed by atoms with Crippen LogP contribution in [0.5, 0.6) is 0 Å². The third kappa shape index (κ3) is 12.0. The minimum Gasteiger partial charge on any atom is -0.298 e. The van der Waals surface area contributed by atoms with Crippen LogP contribution in [0.1, 0.15) is 101 Å². The van der Waals surface area contributed by atoms with Crippen LogP contribution < -0.4 is 0 Å². The van der Waals surface area contributed by atoms with E-state index in [0.717, 1.165) is 0 Å². The second kappa shape index (κ2) is 13.2. The van der Waals surface area contributed by atoms with E-state index >= 15 is 0 Å². The van der Waals surface area contributed by atoms with Crippen molar-refractivity contribution in [3.8, 4) is 0 Å². The lowest BCUT2D eigenvalue weighted by Gasteiger charge is -2.38. The molecular weight excluding hydrogens is 280 g/mol. The van der Waals surface area contributed by atoms with Crippen LogP contribution in [-0.4, -0.2) is 47.1 Å². The second-order valence-electron chi connectivity index (χ2n) is 8.08. The van der Waals surface area contributed by atoms with E-state index in [1.165, 1.54) is 58.3 Å². The van der Waals surface area contributed by atoms with E-state index in [9.17, 15) is 0 Å². The molecule has 0 saturated carbocycles. The number of hydrogen-bond acceptors (Lipinski definition) is 2. The van der Waals surface area contributed by atoms with Crippen LogP contribution in [-0.2, 0) is 0 Å². The number of piperidine rings is 1. The van der Waals surface area contributed by atoms with Crippen LogP contribution in [0.4, 0.5) is 0 Å². The summed E-state index contributed by atoms with van der Waals surface area (Å²) in [5.74, 6) is 0. The first-order valence-corrected chi connectivity index (χ1v) is 10.2. The van der Waals surface area contributed by atoms with Crippen molar-refractivity contribution in [1.82, 2.24) is 9.80 Å². The predicted octanol–water partition coefficient (Wildman–Crippen LogP) is 6.20. The van der Waals surface area contributed by atoms with Gasteiger partial charge in [-0.2, -0.15) is 0 Å². The summed E-state index contributed by atoms with van der Waals surface area (Å²) in [6.07, 6.45) is 7.04. The molecule has 0 spiro atoms. The molecule has 0 bridgehead atoms. The molecule has 0 N–H and O–H groups in total. The first-order valence-electron chi connectivity index (χ1n) is 10.2. The molecule has 2 aliphatic heterocycles. The van der Waals surface area contributed by atoms with Crippen molar-refractivity contribution in [2.24, 2.45) is 0 Å². The fourth-order valence-electron chi connectivity index (χ4n) is 2.95. The Kier molecular flexibility index (Phi) is 14.5. The normalized spacial score (nSPS) is 19.6. The van der Waals surface area contributed by atoms with Gasteiger partial charge in [-0.05, 0) is 93.4 Å². The fourth-order valence-corrected chi connectivity index (χ4v) is 2.95. The molecule has 2 heterocycles. The molecule has 2 saturated heterocycles. The maximum atomic E-state index is 2.58. The lowest BCUT2D eigenvalue weighted by Crippen LogP contribution is -2.44. The number of rotatable bonds is 0. The second-order valence-corrected chi connectivity index (χ2v) is 8.08. The zero-order chi connectivity index (χ0) is 18.5. The SMILES string of the molecule is CC.CC.CC(C)(C)N1CCCC1.CC(C)(C)N1CCCCC1. The summed E-state index contributed by atoms with van der Waals surface area (Å²) in [5.41, 5.74) is 0.816. The summed E-state index contributed by atoms with van der Waals surface area (Å²) >= 11 is 0. The van der Waals surface area contributed by atoms with Crippen molar-refractivity contribution in [3.05, 3.63) is 0 Å². The largest absolute Gasteiger partial charge is 0.298 e. The van der Waals surface area contributed by atoms with Crippen LogP contribution in [0.25, 0.3) is 0 Å². The first kappa shape index (κ1) is 25.2. The lowest BCUT2D eigenvalue weighted by atomic mass is 10.0. The van der Waals surface area contributed by atoms with E-state index in [0.29, 0.717) is 11.1 Å². The van der Waals surface area contributed by atoms with Crippen LogP contribution in [0.3, 0.4) is 0 Å². The summed E-state index contributed by atoms with van der Waals surface area (Å²) in [4.78, 5) is 5.13. The minimum absolute atomic E-state index is 0.403. The van der Waals surface area contributed by atoms with Gasteiger partial charge in [0.1, 0.15) is 0 Å². The van der Waals surface area contributed by atoms with E-state index in [-0.39, 0.29) is 0 Å². The molecule has 0 radical (unpaired) electrons. The maximum absolute atomic E-state index is 2.58. The molecule has 142 valence electrons. The lowest BCUT2D eigenvalue weighted by molar-refractivity contribution is 0.111. The van der Waals surface area contributed by atoms with Gasteiger partial charge in [-0.1, -0.05) is 34.1 Å². The topological polar surface area (TPSA) is 6.48 Å². The van der Waals surface area contributed by atoms with E-state index < -0.39 is 0 Å². The highest BCUT2D eigenvalue weighted by Gasteiger charge is 2.23. The molecule has 2 rings (SSSR count). The average molecular weight is 329 g/mol. The van der Waals surface area contributed by atoms with Gasteiger partial charge < -0.3 is 0 Å². The smallest absolute Gasteiger partial charge is 0.0125 e. The predicted molar refractivity (Wildman–Crippen MR) is 108 cm³/mol. The number of likely N-dealkylation sites (tertiary alicyclic amines) is 2. The molecule has 0 aromatic rings. The molecule has 0 aromatic heterocycles. The summed E-state index contributed by atoms with van der Waals surface area (Å²) < 4.78 is 0. The van der Waals surface area contributed by atoms with E-state index in [4.69, 9.17) is 0 Å². The summed E-state index contributed by atoms with van der Waals surface area (Å²) in [6.45, 7) is 27.0. The Labute approximate surface area is 149 Å². The van der Waals surface area contributed by atoms with Gasteiger partial charge in [-0.3, -0.25) is 9.80 Å². The molecule has 2 aliphatic rings. The van der Waals surface area contributed by atoms with Gasteiger partial charge in [0.2, 0.25) is 0 Å². The van der Waals surface area contributed by atoms with Crippen molar-refractivity contribution >= 4 is 0 Å². The highest BCUT2D eigenvalue weighted by molar-refractivity contribution is 4.79. The Morgan fingerprint density at radius 1 is 0.435 bits per heavy atom.